The van der Waals surface area contributed by atoms with Crippen LogP contribution in [0.3, 0.4) is 0 Å². The van der Waals surface area contributed by atoms with E-state index in [1.165, 1.54) is 24.3 Å². The lowest BCUT2D eigenvalue weighted by molar-refractivity contribution is -0.384. The zero-order chi connectivity index (χ0) is 23.0. The first-order chi connectivity index (χ1) is 14.7. The van der Waals surface area contributed by atoms with Gasteiger partial charge in [-0.15, -0.1) is 0 Å². The van der Waals surface area contributed by atoms with Crippen LogP contribution in [0.4, 0.5) is 16.2 Å². The lowest BCUT2D eigenvalue weighted by Crippen LogP contribution is -2.39. The monoisotopic (exact) mass is 448 g/mol. The van der Waals surface area contributed by atoms with Crippen LogP contribution in [0.5, 0.6) is 0 Å². The second-order valence-corrected chi connectivity index (χ2v) is 7.13. The molecule has 0 aromatic heterocycles. The second-order valence-electron chi connectivity index (χ2n) is 6.73. The maximum Gasteiger partial charge on any atom is 0.338 e. The molecule has 0 fully saturated rings. The summed E-state index contributed by atoms with van der Waals surface area (Å²) in [4.78, 5) is 45.8. The van der Waals surface area contributed by atoms with E-state index in [4.69, 9.17) is 16.3 Å². The first-order valence-corrected chi connectivity index (χ1v) is 9.57. The summed E-state index contributed by atoms with van der Waals surface area (Å²) < 4.78 is 4.95. The summed E-state index contributed by atoms with van der Waals surface area (Å²) in [5.74, 6) is -1.38. The molecule has 0 saturated carbocycles. The van der Waals surface area contributed by atoms with Crippen molar-refractivity contribution in [1.82, 2.24) is 10.6 Å². The standard InChI is InChI=1S/C20H21ClN4O6/c1-12(2)23-20(28)22-10-13-3-5-14(6-4-13)19(27)31-11-18(26)24-15-7-8-16(21)17(9-15)25(29)30/h3-9,12H,10-11H2,1-2H3,(H,24,26)(H2,22,23,28). The van der Waals surface area contributed by atoms with Crippen LogP contribution in [0.1, 0.15) is 29.8 Å². The first-order valence-electron chi connectivity index (χ1n) is 9.20. The smallest absolute Gasteiger partial charge is 0.338 e. The number of carbonyl (C=O) groups excluding carboxylic acids is 3. The summed E-state index contributed by atoms with van der Waals surface area (Å²) in [7, 11) is 0. The molecule has 0 atom stereocenters. The molecule has 0 unspecified atom stereocenters. The van der Waals surface area contributed by atoms with Gasteiger partial charge >= 0.3 is 12.0 Å². The van der Waals surface area contributed by atoms with E-state index in [1.54, 1.807) is 12.1 Å². The molecule has 0 aliphatic carbocycles. The Kier molecular flexibility index (Phi) is 8.33. The fraction of sp³-hybridized carbons (Fsp3) is 0.250. The predicted molar refractivity (Wildman–Crippen MR) is 114 cm³/mol. The number of rotatable bonds is 8. The third kappa shape index (κ3) is 7.59. The summed E-state index contributed by atoms with van der Waals surface area (Å²) in [5, 5.41) is 18.6. The number of esters is 1. The highest BCUT2D eigenvalue weighted by Gasteiger charge is 2.15. The van der Waals surface area contributed by atoms with Gasteiger partial charge in [0, 0.05) is 24.3 Å². The molecule has 3 N–H and O–H groups in total. The average Bonchev–Trinajstić information content (AvgIpc) is 2.71. The van der Waals surface area contributed by atoms with Crippen molar-refractivity contribution in [2.24, 2.45) is 0 Å². The van der Waals surface area contributed by atoms with Crippen molar-refractivity contribution in [3.8, 4) is 0 Å². The second kappa shape index (κ2) is 10.9. The van der Waals surface area contributed by atoms with E-state index in [0.717, 1.165) is 11.6 Å². The molecular formula is C20H21ClN4O6. The van der Waals surface area contributed by atoms with E-state index in [1.807, 2.05) is 13.8 Å². The minimum atomic E-state index is -0.714. The number of amides is 3. The van der Waals surface area contributed by atoms with Gasteiger partial charge in [0.05, 0.1) is 10.5 Å². The van der Waals surface area contributed by atoms with E-state index in [2.05, 4.69) is 16.0 Å². The van der Waals surface area contributed by atoms with Gasteiger partial charge in [0.15, 0.2) is 6.61 Å². The number of anilines is 1. The van der Waals surface area contributed by atoms with Crippen molar-refractivity contribution < 1.29 is 24.0 Å². The molecule has 164 valence electrons. The number of benzene rings is 2. The van der Waals surface area contributed by atoms with Crippen LogP contribution in [0, 0.1) is 10.1 Å². The molecule has 0 saturated heterocycles. The van der Waals surface area contributed by atoms with Crippen molar-refractivity contribution in [3.05, 3.63) is 68.7 Å². The largest absolute Gasteiger partial charge is 0.452 e. The number of carbonyl (C=O) groups is 3. The fourth-order valence-electron chi connectivity index (χ4n) is 2.40. The zero-order valence-electron chi connectivity index (χ0n) is 16.8. The summed E-state index contributed by atoms with van der Waals surface area (Å²) in [6.45, 7) is 3.40. The third-order valence-electron chi connectivity index (χ3n) is 3.82. The van der Waals surface area contributed by atoms with Crippen molar-refractivity contribution in [2.45, 2.75) is 26.4 Å². The van der Waals surface area contributed by atoms with Gasteiger partial charge in [-0.2, -0.15) is 0 Å². The molecule has 0 radical (unpaired) electrons. The molecule has 10 nitrogen and oxygen atoms in total. The highest BCUT2D eigenvalue weighted by molar-refractivity contribution is 6.32. The quantitative estimate of drug-likeness (QED) is 0.321. The maximum absolute atomic E-state index is 12.1. The molecule has 0 aliphatic rings. The Morgan fingerprint density at radius 1 is 1.13 bits per heavy atom. The van der Waals surface area contributed by atoms with Crippen LogP contribution >= 0.6 is 11.6 Å². The number of hydrogen-bond acceptors (Lipinski definition) is 6. The lowest BCUT2D eigenvalue weighted by Gasteiger charge is -2.10. The highest BCUT2D eigenvalue weighted by Crippen LogP contribution is 2.27. The van der Waals surface area contributed by atoms with Crippen LogP contribution in [0.2, 0.25) is 5.02 Å². The summed E-state index contributed by atoms with van der Waals surface area (Å²) in [6, 6.07) is 9.84. The Hall–Kier alpha value is -3.66. The van der Waals surface area contributed by atoms with Crippen LogP contribution in [-0.2, 0) is 16.1 Å². The highest BCUT2D eigenvalue weighted by atomic mass is 35.5. The number of nitrogens with zero attached hydrogens (tertiary/aromatic N) is 1. The van der Waals surface area contributed by atoms with Crippen LogP contribution in [0.25, 0.3) is 0 Å². The molecule has 2 aromatic rings. The summed E-state index contributed by atoms with van der Waals surface area (Å²) in [5.41, 5.74) is 0.797. The molecule has 2 aromatic carbocycles. The van der Waals surface area contributed by atoms with Gasteiger partial charge in [-0.05, 0) is 43.7 Å². The van der Waals surface area contributed by atoms with Gasteiger partial charge < -0.3 is 20.7 Å². The van der Waals surface area contributed by atoms with Crippen LogP contribution in [-0.4, -0.2) is 35.5 Å². The number of urea groups is 1. The summed E-state index contributed by atoms with van der Waals surface area (Å²) in [6.07, 6.45) is 0. The maximum atomic E-state index is 12.1. The average molecular weight is 449 g/mol. The molecule has 31 heavy (non-hydrogen) atoms. The molecule has 2 rings (SSSR count). The van der Waals surface area contributed by atoms with Gasteiger partial charge in [-0.25, -0.2) is 9.59 Å². The molecule has 0 spiro atoms. The van der Waals surface area contributed by atoms with Crippen molar-refractivity contribution in [2.75, 3.05) is 11.9 Å². The third-order valence-corrected chi connectivity index (χ3v) is 4.14. The number of halogens is 1. The Labute approximate surface area is 183 Å². The number of nitrogens with one attached hydrogen (secondary N) is 3. The lowest BCUT2D eigenvalue weighted by atomic mass is 10.1. The van der Waals surface area contributed by atoms with E-state index in [9.17, 15) is 24.5 Å². The fourth-order valence-corrected chi connectivity index (χ4v) is 2.58. The van der Waals surface area contributed by atoms with Gasteiger partial charge in [0.25, 0.3) is 11.6 Å². The van der Waals surface area contributed by atoms with E-state index >= 15 is 0 Å². The molecule has 0 aliphatic heterocycles. The number of ether oxygens (including phenoxy) is 1. The van der Waals surface area contributed by atoms with Crippen LogP contribution in [0.15, 0.2) is 42.5 Å². The van der Waals surface area contributed by atoms with E-state index in [-0.39, 0.29) is 40.6 Å². The number of nitro benzene ring substituents is 1. The normalized spacial score (nSPS) is 10.3. The number of nitro groups is 1. The predicted octanol–water partition coefficient (Wildman–Crippen LogP) is 3.25. The molecule has 0 bridgehead atoms. The SMILES string of the molecule is CC(C)NC(=O)NCc1ccc(C(=O)OCC(=O)Nc2ccc(Cl)c([N+](=O)[O-])c2)cc1. The molecule has 0 heterocycles. The number of hydrogen-bond donors (Lipinski definition) is 3. The van der Waals surface area contributed by atoms with Gasteiger partial charge in [-0.3, -0.25) is 14.9 Å². The molecule has 3 amide bonds. The van der Waals surface area contributed by atoms with Crippen molar-refractivity contribution in [1.29, 1.82) is 0 Å². The molecule has 11 heteroatoms. The Balaban J connectivity index is 1.84. The Bertz CT molecular complexity index is 978. The van der Waals surface area contributed by atoms with Crippen molar-refractivity contribution >= 4 is 40.9 Å². The van der Waals surface area contributed by atoms with E-state index in [0.29, 0.717) is 0 Å². The zero-order valence-corrected chi connectivity index (χ0v) is 17.6. The Morgan fingerprint density at radius 3 is 2.42 bits per heavy atom. The van der Waals surface area contributed by atoms with Gasteiger partial charge in [0.2, 0.25) is 0 Å². The minimum Gasteiger partial charge on any atom is -0.452 e. The van der Waals surface area contributed by atoms with Crippen molar-refractivity contribution in [3.63, 3.8) is 0 Å². The topological polar surface area (TPSA) is 140 Å². The minimum absolute atomic E-state index is 0.0177. The Morgan fingerprint density at radius 2 is 1.81 bits per heavy atom. The van der Waals surface area contributed by atoms with Gasteiger partial charge in [-0.1, -0.05) is 23.7 Å². The van der Waals surface area contributed by atoms with E-state index < -0.39 is 23.4 Å². The summed E-state index contributed by atoms with van der Waals surface area (Å²) >= 11 is 5.72. The molecular weight excluding hydrogens is 428 g/mol. The van der Waals surface area contributed by atoms with Gasteiger partial charge in [0.1, 0.15) is 5.02 Å². The first kappa shape index (κ1) is 23.6. The van der Waals surface area contributed by atoms with Crippen LogP contribution < -0.4 is 16.0 Å².